The monoisotopic (exact) mass is 1180 g/mol. The van der Waals surface area contributed by atoms with E-state index in [1.807, 2.05) is 25.2 Å². The lowest BCUT2D eigenvalue weighted by atomic mass is 9.78. The Kier molecular flexibility index (Phi) is 37.0. The van der Waals surface area contributed by atoms with Crippen LogP contribution in [0.3, 0.4) is 0 Å². The van der Waals surface area contributed by atoms with Crippen molar-refractivity contribution in [2.24, 2.45) is 0 Å². The molecule has 0 amide bonds. The van der Waals surface area contributed by atoms with Gasteiger partial charge in [0.25, 0.3) is 0 Å². The summed E-state index contributed by atoms with van der Waals surface area (Å²) in [6.07, 6.45) is 13.3. The zero-order valence-corrected chi connectivity index (χ0v) is 52.0. The number of quaternary nitrogens is 1. The molecule has 0 saturated heterocycles. The van der Waals surface area contributed by atoms with Gasteiger partial charge in [-0.3, -0.25) is 4.79 Å². The highest BCUT2D eigenvalue weighted by atomic mass is 32.2. The molecule has 466 valence electrons. The third kappa shape index (κ3) is 26.5. The quantitative estimate of drug-likeness (QED) is 0.0301. The number of carbonyl (C=O) groups is 1. The number of carboxylic acids is 1. The summed E-state index contributed by atoms with van der Waals surface area (Å²) in [5.41, 5.74) is 6.49. The largest absolute Gasteiger partial charge is 0.744 e. The first kappa shape index (κ1) is 72.3. The zero-order valence-electron chi connectivity index (χ0n) is 51.1. The molecular weight excluding hydrogens is 1070 g/mol. The van der Waals surface area contributed by atoms with Crippen LogP contribution in [0.15, 0.2) is 77.4 Å². The van der Waals surface area contributed by atoms with Gasteiger partial charge < -0.3 is 71.6 Å². The average molecular weight is 1180 g/mol. The molecule has 19 nitrogen and oxygen atoms in total. The molecule has 2 aliphatic heterocycles. The van der Waals surface area contributed by atoms with Crippen LogP contribution < -0.4 is 9.80 Å². The first-order chi connectivity index (χ1) is 39.6. The van der Waals surface area contributed by atoms with Crippen molar-refractivity contribution in [1.29, 1.82) is 0 Å². The average Bonchev–Trinajstić information content (AvgIpc) is 3.76. The number of anilines is 1. The topological polar surface area (TPSA) is 207 Å². The zero-order chi connectivity index (χ0) is 59.9. The number of allylic oxidation sites excluding steroid dienone is 6. The molecule has 0 aliphatic carbocycles. The minimum atomic E-state index is -4.68. The predicted molar refractivity (Wildman–Crippen MR) is 319 cm³/mol. The molecule has 2 N–H and O–H groups in total. The van der Waals surface area contributed by atoms with Gasteiger partial charge in [-0.05, 0) is 111 Å². The van der Waals surface area contributed by atoms with Gasteiger partial charge in [0.2, 0.25) is 5.69 Å². The van der Waals surface area contributed by atoms with E-state index in [9.17, 15) is 17.8 Å². The maximum absolute atomic E-state index is 12.2. The van der Waals surface area contributed by atoms with Crippen molar-refractivity contribution < 1.29 is 84.5 Å². The number of rotatable bonds is 47. The fourth-order valence-corrected chi connectivity index (χ4v) is 10.1. The Labute approximate surface area is 491 Å². The smallest absolute Gasteiger partial charge is 0.303 e. The van der Waals surface area contributed by atoms with Crippen LogP contribution in [-0.2, 0) is 77.8 Å². The molecule has 1 unspecified atom stereocenters. The molecule has 0 bridgehead atoms. The van der Waals surface area contributed by atoms with E-state index >= 15 is 0 Å². The molecule has 2 aromatic rings. The van der Waals surface area contributed by atoms with Gasteiger partial charge >= 0.3 is 5.97 Å². The second kappa shape index (κ2) is 41.9. The van der Waals surface area contributed by atoms with Crippen LogP contribution in [0.25, 0.3) is 0 Å². The second-order valence-corrected chi connectivity index (χ2v) is 21.9. The van der Waals surface area contributed by atoms with Crippen LogP contribution in [0.1, 0.15) is 97.3 Å². The number of aryl methyl sites for hydroxylation is 1. The molecule has 2 aliphatic rings. The number of likely N-dealkylation sites (N-methyl/N-ethyl adjacent to an activating group) is 1. The Morgan fingerprint density at radius 1 is 0.622 bits per heavy atom. The Hall–Kier alpha value is -3.97. The Morgan fingerprint density at radius 3 is 1.52 bits per heavy atom. The number of nitrogens with zero attached hydrogens (tertiary/aromatic N) is 2. The van der Waals surface area contributed by atoms with E-state index in [1.165, 1.54) is 54.3 Å². The predicted octanol–water partition coefficient (Wildman–Crippen LogP) is 6.85. The maximum atomic E-state index is 12.2. The summed E-state index contributed by atoms with van der Waals surface area (Å²) in [5.74, 6) is -0.766. The van der Waals surface area contributed by atoms with Crippen LogP contribution in [-0.4, -0.2) is 213 Å². The first-order valence-electron chi connectivity index (χ1n) is 29.6. The molecule has 2 heterocycles. The lowest BCUT2D eigenvalue weighted by Gasteiger charge is -2.30. The number of unbranched alkanes of at least 4 members (excludes halogenated alkanes) is 2. The summed E-state index contributed by atoms with van der Waals surface area (Å²) >= 11 is 0. The molecule has 0 aromatic heterocycles. The molecular formula is C62H102N3O16S+. The highest BCUT2D eigenvalue weighted by Gasteiger charge is 2.45. The summed E-state index contributed by atoms with van der Waals surface area (Å²) < 4.78 is 99.7. The number of carboxylic acid groups (broad SMARTS) is 1. The summed E-state index contributed by atoms with van der Waals surface area (Å²) in [6, 6.07) is 11.2. The van der Waals surface area contributed by atoms with Crippen molar-refractivity contribution >= 4 is 33.2 Å². The summed E-state index contributed by atoms with van der Waals surface area (Å²) in [5, 5.41) is 9.12. The molecule has 0 fully saturated rings. The van der Waals surface area contributed by atoms with Crippen LogP contribution >= 0.6 is 0 Å². The number of hydrogen-bond donors (Lipinski definition) is 2. The number of fused-ring (bicyclic) bond motifs is 2. The number of aliphatic carboxylic acids is 1. The molecule has 0 spiro atoms. The van der Waals surface area contributed by atoms with Gasteiger partial charge in [0, 0.05) is 67.6 Å². The van der Waals surface area contributed by atoms with Crippen molar-refractivity contribution in [3.63, 3.8) is 0 Å². The van der Waals surface area contributed by atoms with Gasteiger partial charge in [0.1, 0.15) is 16.7 Å². The van der Waals surface area contributed by atoms with Gasteiger partial charge in [0.05, 0.1) is 162 Å². The van der Waals surface area contributed by atoms with Crippen molar-refractivity contribution in [3.8, 4) is 0 Å². The number of hydrogen-bond acceptors (Lipinski definition) is 16. The second-order valence-electron chi connectivity index (χ2n) is 20.6. The molecule has 82 heavy (non-hydrogen) atoms. The van der Waals surface area contributed by atoms with Crippen molar-refractivity contribution in [3.05, 3.63) is 89.2 Å². The molecule has 2 aromatic carbocycles. The number of methoxy groups -OCH3 is 1. The Morgan fingerprint density at radius 2 is 1.10 bits per heavy atom. The lowest BCUT2D eigenvalue weighted by Crippen LogP contribution is -3.11. The molecule has 0 radical (unpaired) electrons. The third-order valence-electron chi connectivity index (χ3n) is 14.4. The minimum Gasteiger partial charge on any atom is -0.744 e. The van der Waals surface area contributed by atoms with E-state index in [1.54, 1.807) is 18.1 Å². The van der Waals surface area contributed by atoms with E-state index in [0.29, 0.717) is 158 Å². The van der Waals surface area contributed by atoms with Crippen molar-refractivity contribution in [1.82, 2.24) is 0 Å². The molecule has 4 rings (SSSR count). The standard InChI is InChI=1S/C56H86N2O16S.C6H15N/c1-7-57-51-20-18-47(75(61,62)63)45-49(51)56(5,53(57)15-11-8-10-14-52-55(3,4)48-44-46(2)17-19-50(48)58(52)22-13-9-12-16-54(59)60)21-23-65-26-27-67-30-31-69-34-35-71-38-39-73-42-43-74-41-40-72-37-36-70-33-32-68-29-28-66-25-24-64-6;1-4-7(5-2)6-3/h8,10-11,14-15,17-20,44-45H,7,9,12-13,16,21-43H2,1-6H3,(H-,59,60,61,62,63);4-6H2,1-3H3/p+1. The fourth-order valence-electron chi connectivity index (χ4n) is 9.65. The van der Waals surface area contributed by atoms with E-state index in [2.05, 4.69) is 88.3 Å². The Bertz CT molecular complexity index is 2320. The molecule has 20 heteroatoms. The minimum absolute atomic E-state index is 0.176. The van der Waals surface area contributed by atoms with Crippen molar-refractivity contribution in [2.75, 3.05) is 183 Å². The highest BCUT2D eigenvalue weighted by Crippen LogP contribution is 2.50. The maximum Gasteiger partial charge on any atom is 0.303 e. The third-order valence-corrected chi connectivity index (χ3v) is 15.2. The van der Waals surface area contributed by atoms with Gasteiger partial charge in [-0.2, -0.15) is 4.58 Å². The highest BCUT2D eigenvalue weighted by molar-refractivity contribution is 7.85. The number of benzene rings is 2. The van der Waals surface area contributed by atoms with Crippen LogP contribution in [0, 0.1) is 6.92 Å². The SMILES string of the molecule is CCN1C(=CC=CC=CC2=[N+](CCCCCC(=O)O)c3ccc(C)cc3C2(C)C)C(C)(CCOCCOCCOCCOCCOCCOCCOCCOCCOCCOCCOC)c2cc(S(=O)(=O)[O-])ccc21.CC[NH+](CC)CC. The molecule has 0 saturated carbocycles. The lowest BCUT2D eigenvalue weighted by molar-refractivity contribution is -0.894. The van der Waals surface area contributed by atoms with Gasteiger partial charge in [-0.1, -0.05) is 29.9 Å². The fraction of sp³-hybridized carbons (Fsp3) is 0.677. The summed E-state index contributed by atoms with van der Waals surface area (Å²) in [4.78, 5) is 14.7. The van der Waals surface area contributed by atoms with Gasteiger partial charge in [0.15, 0.2) is 5.71 Å². The Balaban J connectivity index is 0.00000236. The van der Waals surface area contributed by atoms with E-state index < -0.39 is 21.5 Å². The summed E-state index contributed by atoms with van der Waals surface area (Å²) in [6.45, 7) is 32.4. The van der Waals surface area contributed by atoms with Crippen LogP contribution in [0.2, 0.25) is 0 Å². The van der Waals surface area contributed by atoms with Crippen LogP contribution in [0.5, 0.6) is 0 Å². The normalized spacial score (nSPS) is 16.3. The van der Waals surface area contributed by atoms with E-state index in [-0.39, 0.29) is 16.7 Å². The van der Waals surface area contributed by atoms with Gasteiger partial charge in [-0.25, -0.2) is 8.42 Å². The van der Waals surface area contributed by atoms with Crippen LogP contribution in [0.4, 0.5) is 11.4 Å². The van der Waals surface area contributed by atoms with Crippen molar-refractivity contribution in [2.45, 2.75) is 103 Å². The summed E-state index contributed by atoms with van der Waals surface area (Å²) in [7, 11) is -3.04. The van der Waals surface area contributed by atoms with E-state index in [4.69, 9.17) is 57.2 Å². The van der Waals surface area contributed by atoms with E-state index in [0.717, 1.165) is 36.3 Å². The number of ether oxygens (including phenoxy) is 11. The number of nitrogens with one attached hydrogen (secondary N) is 1. The molecule has 1 atom stereocenters. The van der Waals surface area contributed by atoms with Gasteiger partial charge in [-0.15, -0.1) is 0 Å². The first-order valence-corrected chi connectivity index (χ1v) is 31.0.